The summed E-state index contributed by atoms with van der Waals surface area (Å²) >= 11 is 0. The topological polar surface area (TPSA) is 93.1 Å². The van der Waals surface area contributed by atoms with E-state index in [-0.39, 0.29) is 16.9 Å². The van der Waals surface area contributed by atoms with Gasteiger partial charge in [0.1, 0.15) is 29.4 Å². The van der Waals surface area contributed by atoms with Crippen LogP contribution in [-0.4, -0.2) is 22.2 Å². The molecule has 0 aromatic heterocycles. The SMILES string of the molecule is Cc1cc(OCc2ccccc2)c(C)c(C)c1C(=O)Oc1c(C)c(C)c(C(=O)O)c(O)c1C. The lowest BCUT2D eigenvalue weighted by molar-refractivity contribution is 0.0692. The van der Waals surface area contributed by atoms with E-state index in [9.17, 15) is 19.8 Å². The molecule has 3 rings (SSSR count). The third-order valence-electron chi connectivity index (χ3n) is 6.11. The molecule has 0 radical (unpaired) electrons. The number of carboxylic acid groups (broad SMARTS) is 1. The first-order chi connectivity index (χ1) is 15.5. The fourth-order valence-electron chi connectivity index (χ4n) is 3.91. The van der Waals surface area contributed by atoms with E-state index in [4.69, 9.17) is 9.47 Å². The number of aromatic carboxylic acids is 1. The zero-order valence-corrected chi connectivity index (χ0v) is 19.7. The molecule has 3 aromatic carbocycles. The normalized spacial score (nSPS) is 10.7. The lowest BCUT2D eigenvalue weighted by Gasteiger charge is -2.19. The van der Waals surface area contributed by atoms with Crippen LogP contribution in [0.15, 0.2) is 36.4 Å². The molecule has 6 heteroatoms. The maximum atomic E-state index is 13.2. The molecule has 0 fully saturated rings. The summed E-state index contributed by atoms with van der Waals surface area (Å²) < 4.78 is 11.7. The van der Waals surface area contributed by atoms with Gasteiger partial charge in [-0.05, 0) is 81.0 Å². The smallest absolute Gasteiger partial charge is 0.344 e. The quantitative estimate of drug-likeness (QED) is 0.369. The number of esters is 1. The first kappa shape index (κ1) is 23.9. The number of aromatic hydroxyl groups is 1. The molecule has 0 saturated heterocycles. The molecule has 2 N–H and O–H groups in total. The predicted molar refractivity (Wildman–Crippen MR) is 126 cm³/mol. The largest absolute Gasteiger partial charge is 0.507 e. The minimum absolute atomic E-state index is 0.167. The highest BCUT2D eigenvalue weighted by Gasteiger charge is 2.26. The standard InChI is InChI=1S/C27H28O6/c1-14-12-21(32-13-20-10-8-7-9-11-20)15(2)16(3)22(14)27(31)33-25-18(5)17(4)23(26(29)30)24(28)19(25)6/h7-12,28H,13H2,1-6H3,(H,29,30). The average molecular weight is 449 g/mol. The van der Waals surface area contributed by atoms with Gasteiger partial charge in [0.25, 0.3) is 0 Å². The molecule has 6 nitrogen and oxygen atoms in total. The fourth-order valence-corrected chi connectivity index (χ4v) is 3.91. The second-order valence-corrected chi connectivity index (χ2v) is 8.21. The fraction of sp³-hybridized carbons (Fsp3) is 0.259. The van der Waals surface area contributed by atoms with Crippen molar-refractivity contribution in [2.45, 2.75) is 48.1 Å². The van der Waals surface area contributed by atoms with Gasteiger partial charge in [-0.1, -0.05) is 30.3 Å². The number of aryl methyl sites for hydroxylation is 1. The lowest BCUT2D eigenvalue weighted by atomic mass is 9.96. The van der Waals surface area contributed by atoms with Gasteiger partial charge in [-0.15, -0.1) is 0 Å². The van der Waals surface area contributed by atoms with Crippen LogP contribution in [0.1, 0.15) is 59.7 Å². The molecule has 0 aliphatic rings. The van der Waals surface area contributed by atoms with Crippen LogP contribution in [0.5, 0.6) is 17.2 Å². The first-order valence-corrected chi connectivity index (χ1v) is 10.6. The van der Waals surface area contributed by atoms with Crippen LogP contribution in [0, 0.1) is 41.5 Å². The van der Waals surface area contributed by atoms with E-state index in [1.165, 1.54) is 6.92 Å². The predicted octanol–water partition coefficient (Wildman–Crippen LogP) is 5.74. The van der Waals surface area contributed by atoms with E-state index >= 15 is 0 Å². The zero-order chi connectivity index (χ0) is 24.4. The van der Waals surface area contributed by atoms with Crippen molar-refractivity contribution in [3.63, 3.8) is 0 Å². The summed E-state index contributed by atoms with van der Waals surface area (Å²) in [4.78, 5) is 24.7. The molecule has 0 atom stereocenters. The highest BCUT2D eigenvalue weighted by atomic mass is 16.5. The number of hydrogen-bond acceptors (Lipinski definition) is 5. The Bertz CT molecular complexity index is 1210. The number of hydrogen-bond donors (Lipinski definition) is 2. The number of carboxylic acids is 1. The Morgan fingerprint density at radius 1 is 0.818 bits per heavy atom. The molecule has 0 heterocycles. The van der Waals surface area contributed by atoms with Crippen LogP contribution in [-0.2, 0) is 6.61 Å². The van der Waals surface area contributed by atoms with Gasteiger partial charge in [0.05, 0.1) is 5.56 Å². The Balaban J connectivity index is 1.94. The lowest BCUT2D eigenvalue weighted by Crippen LogP contribution is -2.16. The maximum Gasteiger partial charge on any atom is 0.344 e. The minimum atomic E-state index is -1.23. The van der Waals surface area contributed by atoms with Crippen LogP contribution in [0.3, 0.4) is 0 Å². The van der Waals surface area contributed by atoms with E-state index in [2.05, 4.69) is 0 Å². The number of carbonyl (C=O) groups excluding carboxylic acids is 1. The number of phenols is 1. The summed E-state index contributed by atoms with van der Waals surface area (Å²) in [7, 11) is 0. The van der Waals surface area contributed by atoms with Gasteiger partial charge in [-0.2, -0.15) is 0 Å². The Labute approximate surface area is 193 Å². The molecule has 0 saturated carbocycles. The summed E-state index contributed by atoms with van der Waals surface area (Å²) in [5.74, 6) is -1.35. The van der Waals surface area contributed by atoms with Gasteiger partial charge in [0, 0.05) is 5.56 Å². The van der Waals surface area contributed by atoms with Crippen molar-refractivity contribution >= 4 is 11.9 Å². The Morgan fingerprint density at radius 2 is 1.42 bits per heavy atom. The first-order valence-electron chi connectivity index (χ1n) is 10.6. The molecule has 0 spiro atoms. The summed E-state index contributed by atoms with van der Waals surface area (Å²) in [6, 6.07) is 11.6. The summed E-state index contributed by atoms with van der Waals surface area (Å²) in [5, 5.41) is 19.8. The van der Waals surface area contributed by atoms with Crippen LogP contribution in [0.4, 0.5) is 0 Å². The molecule has 0 amide bonds. The highest BCUT2D eigenvalue weighted by molar-refractivity contribution is 5.97. The van der Waals surface area contributed by atoms with Gasteiger partial charge in [0.2, 0.25) is 0 Å². The molecule has 33 heavy (non-hydrogen) atoms. The van der Waals surface area contributed by atoms with Gasteiger partial charge >= 0.3 is 11.9 Å². The van der Waals surface area contributed by atoms with Crippen LogP contribution in [0.2, 0.25) is 0 Å². The Morgan fingerprint density at radius 3 is 2.03 bits per heavy atom. The van der Waals surface area contributed by atoms with E-state index in [0.29, 0.717) is 34.6 Å². The number of rotatable bonds is 6. The number of carbonyl (C=O) groups is 2. The molecule has 172 valence electrons. The average Bonchev–Trinajstić information content (AvgIpc) is 2.77. The van der Waals surface area contributed by atoms with Crippen LogP contribution < -0.4 is 9.47 Å². The van der Waals surface area contributed by atoms with Gasteiger partial charge in [0.15, 0.2) is 0 Å². The molecule has 0 bridgehead atoms. The van der Waals surface area contributed by atoms with Crippen LogP contribution in [0.25, 0.3) is 0 Å². The third-order valence-corrected chi connectivity index (χ3v) is 6.11. The number of ether oxygens (including phenoxy) is 2. The molecule has 0 unspecified atom stereocenters. The van der Waals surface area contributed by atoms with Crippen molar-refractivity contribution < 1.29 is 29.3 Å². The van der Waals surface area contributed by atoms with Crippen molar-refractivity contribution in [1.82, 2.24) is 0 Å². The Kier molecular flexibility index (Phi) is 6.77. The van der Waals surface area contributed by atoms with Crippen LogP contribution >= 0.6 is 0 Å². The second-order valence-electron chi connectivity index (χ2n) is 8.21. The van der Waals surface area contributed by atoms with E-state index in [0.717, 1.165) is 16.7 Å². The van der Waals surface area contributed by atoms with Crippen molar-refractivity contribution in [2.75, 3.05) is 0 Å². The molecule has 0 aliphatic carbocycles. The summed E-state index contributed by atoms with van der Waals surface area (Å²) in [5.41, 5.74) is 4.59. The maximum absolute atomic E-state index is 13.2. The van der Waals surface area contributed by atoms with Crippen molar-refractivity contribution in [3.05, 3.63) is 86.5 Å². The minimum Gasteiger partial charge on any atom is -0.507 e. The molecule has 0 aliphatic heterocycles. The van der Waals surface area contributed by atoms with Gasteiger partial charge in [-0.3, -0.25) is 0 Å². The molecular weight excluding hydrogens is 420 g/mol. The monoisotopic (exact) mass is 448 g/mol. The summed E-state index contributed by atoms with van der Waals surface area (Å²) in [6.45, 7) is 10.7. The third kappa shape index (κ3) is 4.55. The van der Waals surface area contributed by atoms with Gasteiger partial charge in [-0.25, -0.2) is 9.59 Å². The molecule has 3 aromatic rings. The van der Waals surface area contributed by atoms with E-state index < -0.39 is 17.7 Å². The van der Waals surface area contributed by atoms with Gasteiger partial charge < -0.3 is 19.7 Å². The molecular formula is C27H28O6. The summed E-state index contributed by atoms with van der Waals surface area (Å²) in [6.07, 6.45) is 0. The van der Waals surface area contributed by atoms with Crippen molar-refractivity contribution in [2.24, 2.45) is 0 Å². The number of benzene rings is 3. The van der Waals surface area contributed by atoms with E-state index in [1.807, 2.05) is 57.2 Å². The second kappa shape index (κ2) is 9.36. The zero-order valence-electron chi connectivity index (χ0n) is 19.7. The Hall–Kier alpha value is -3.80. The van der Waals surface area contributed by atoms with Crippen molar-refractivity contribution in [1.29, 1.82) is 0 Å². The highest BCUT2D eigenvalue weighted by Crippen LogP contribution is 2.38. The van der Waals surface area contributed by atoms with Crippen molar-refractivity contribution in [3.8, 4) is 17.2 Å². The van der Waals surface area contributed by atoms with E-state index in [1.54, 1.807) is 13.8 Å².